The molecule has 0 aromatic carbocycles. The quantitative estimate of drug-likeness (QED) is 0.0500. The smallest absolute Gasteiger partial charge is 0.306 e. The van der Waals surface area contributed by atoms with Gasteiger partial charge in [0.1, 0.15) is 12.2 Å². The fourth-order valence-electron chi connectivity index (χ4n) is 6.31. The molecular weight excluding hydrogens is 584 g/mol. The molecule has 1 saturated heterocycles. The molecule has 272 valence electrons. The largest absolute Gasteiger partial charge is 0.455 e. The van der Waals surface area contributed by atoms with Gasteiger partial charge >= 0.3 is 11.9 Å². The first-order valence-corrected chi connectivity index (χ1v) is 19.5. The van der Waals surface area contributed by atoms with E-state index >= 15 is 0 Å². The summed E-state index contributed by atoms with van der Waals surface area (Å²) in [7, 11) is 0. The lowest BCUT2D eigenvalue weighted by atomic mass is 9.98. The van der Waals surface area contributed by atoms with E-state index in [0.717, 1.165) is 38.5 Å². The second-order valence-corrected chi connectivity index (χ2v) is 13.6. The summed E-state index contributed by atoms with van der Waals surface area (Å²) in [6.45, 7) is 3.92. The zero-order valence-electron chi connectivity index (χ0n) is 29.8. The van der Waals surface area contributed by atoms with Gasteiger partial charge in [-0.05, 0) is 12.8 Å². The van der Waals surface area contributed by atoms with E-state index in [2.05, 4.69) is 13.8 Å². The molecule has 0 radical (unpaired) electrons. The molecule has 0 aromatic heterocycles. The Hall–Kier alpha value is -1.22. The average molecular weight is 657 g/mol. The van der Waals surface area contributed by atoms with Crippen LogP contribution in [0.25, 0.3) is 0 Å². The van der Waals surface area contributed by atoms with Crippen molar-refractivity contribution in [3.8, 4) is 0 Å². The van der Waals surface area contributed by atoms with Crippen molar-refractivity contribution in [2.75, 3.05) is 6.61 Å². The first-order chi connectivity index (χ1) is 22.4. The fourth-order valence-corrected chi connectivity index (χ4v) is 6.31. The van der Waals surface area contributed by atoms with Gasteiger partial charge in [-0.2, -0.15) is 0 Å². The molecule has 0 aliphatic carbocycles. The Morgan fingerprint density at radius 2 is 0.804 bits per heavy atom. The van der Waals surface area contributed by atoms with Crippen LogP contribution in [-0.4, -0.2) is 64.6 Å². The van der Waals surface area contributed by atoms with Gasteiger partial charge < -0.3 is 29.5 Å². The lowest BCUT2D eigenvalue weighted by Crippen LogP contribution is -2.61. The van der Waals surface area contributed by atoms with Crippen LogP contribution in [0.4, 0.5) is 0 Å². The van der Waals surface area contributed by atoms with Crippen molar-refractivity contribution in [2.24, 2.45) is 0 Å². The van der Waals surface area contributed by atoms with Gasteiger partial charge in [-0.3, -0.25) is 9.59 Å². The summed E-state index contributed by atoms with van der Waals surface area (Å²) < 4.78 is 16.3. The first-order valence-electron chi connectivity index (χ1n) is 19.5. The number of hydrogen-bond donors (Lipinski definition) is 3. The van der Waals surface area contributed by atoms with Gasteiger partial charge in [0.15, 0.2) is 18.5 Å². The van der Waals surface area contributed by atoms with Crippen LogP contribution < -0.4 is 0 Å². The van der Waals surface area contributed by atoms with Gasteiger partial charge in [0.05, 0.1) is 6.61 Å². The highest BCUT2D eigenvalue weighted by Gasteiger charge is 2.49. The van der Waals surface area contributed by atoms with Crippen molar-refractivity contribution < 1.29 is 39.1 Å². The highest BCUT2D eigenvalue weighted by Crippen LogP contribution is 2.26. The lowest BCUT2D eigenvalue weighted by Gasteiger charge is -2.41. The van der Waals surface area contributed by atoms with E-state index in [1.807, 2.05) is 0 Å². The van der Waals surface area contributed by atoms with Crippen LogP contribution in [0.3, 0.4) is 0 Å². The normalized spacial score (nSPS) is 21.4. The van der Waals surface area contributed by atoms with E-state index in [-0.39, 0.29) is 12.8 Å². The van der Waals surface area contributed by atoms with Crippen LogP contribution in [0.1, 0.15) is 194 Å². The summed E-state index contributed by atoms with van der Waals surface area (Å²) in [4.78, 5) is 25.2. The maximum Gasteiger partial charge on any atom is 0.306 e. The minimum Gasteiger partial charge on any atom is -0.455 e. The summed E-state index contributed by atoms with van der Waals surface area (Å²) in [5.74, 6) is -1.04. The van der Waals surface area contributed by atoms with Crippen molar-refractivity contribution in [2.45, 2.75) is 224 Å². The predicted octanol–water partition coefficient (Wildman–Crippen LogP) is 8.84. The van der Waals surface area contributed by atoms with E-state index in [1.54, 1.807) is 0 Å². The van der Waals surface area contributed by atoms with Crippen molar-refractivity contribution >= 4 is 11.9 Å². The van der Waals surface area contributed by atoms with Crippen molar-refractivity contribution in [3.05, 3.63) is 0 Å². The van der Waals surface area contributed by atoms with Gasteiger partial charge in [-0.25, -0.2) is 0 Å². The molecule has 0 spiro atoms. The van der Waals surface area contributed by atoms with Crippen LogP contribution in [0, 0.1) is 0 Å². The molecule has 5 atom stereocenters. The van der Waals surface area contributed by atoms with E-state index < -0.39 is 49.3 Å². The van der Waals surface area contributed by atoms with Crippen LogP contribution in [0.15, 0.2) is 0 Å². The van der Waals surface area contributed by atoms with Crippen molar-refractivity contribution in [1.29, 1.82) is 0 Å². The molecule has 0 bridgehead atoms. The summed E-state index contributed by atoms with van der Waals surface area (Å²) in [5.41, 5.74) is 0. The second-order valence-electron chi connectivity index (χ2n) is 13.6. The Balaban J connectivity index is 2.25. The molecular formula is C38H72O8. The molecule has 1 rings (SSSR count). The third kappa shape index (κ3) is 21.6. The topological polar surface area (TPSA) is 123 Å². The SMILES string of the molecule is CCCCCCCCCCCCCCCC(=O)O[C@H]1[C@H](O)[C@@H](CO)O[C@@H](O)[C@H]1OC(=O)CCCCCCCCCCCCCCC. The van der Waals surface area contributed by atoms with Crippen LogP contribution in [0.2, 0.25) is 0 Å². The minimum absolute atomic E-state index is 0.181. The monoisotopic (exact) mass is 657 g/mol. The van der Waals surface area contributed by atoms with Crippen molar-refractivity contribution in [3.63, 3.8) is 0 Å². The number of hydrogen-bond acceptors (Lipinski definition) is 8. The van der Waals surface area contributed by atoms with Crippen molar-refractivity contribution in [1.82, 2.24) is 0 Å². The summed E-state index contributed by atoms with van der Waals surface area (Å²) in [6, 6.07) is 0. The maximum atomic E-state index is 12.6. The molecule has 1 aliphatic rings. The van der Waals surface area contributed by atoms with Crippen LogP contribution >= 0.6 is 0 Å². The summed E-state index contributed by atoms with van der Waals surface area (Å²) in [5, 5.41) is 30.8. The molecule has 46 heavy (non-hydrogen) atoms. The summed E-state index contributed by atoms with van der Waals surface area (Å²) >= 11 is 0. The zero-order valence-corrected chi connectivity index (χ0v) is 29.8. The number of aliphatic hydroxyl groups excluding tert-OH is 3. The van der Waals surface area contributed by atoms with E-state index in [4.69, 9.17) is 14.2 Å². The average Bonchev–Trinajstić information content (AvgIpc) is 3.04. The molecule has 0 saturated carbocycles. The number of carbonyl (C=O) groups excluding carboxylic acids is 2. The Morgan fingerprint density at radius 3 is 1.13 bits per heavy atom. The summed E-state index contributed by atoms with van der Waals surface area (Å²) in [6.07, 6.45) is 24.8. The van der Waals surface area contributed by atoms with E-state index in [1.165, 1.54) is 116 Å². The fraction of sp³-hybridized carbons (Fsp3) is 0.947. The van der Waals surface area contributed by atoms with Gasteiger partial charge in [0, 0.05) is 12.8 Å². The molecule has 8 nitrogen and oxygen atoms in total. The maximum absolute atomic E-state index is 12.6. The highest BCUT2D eigenvalue weighted by atomic mass is 16.7. The van der Waals surface area contributed by atoms with Gasteiger partial charge in [-0.1, -0.05) is 168 Å². The molecule has 1 heterocycles. The molecule has 1 fully saturated rings. The number of ether oxygens (including phenoxy) is 3. The third-order valence-electron chi connectivity index (χ3n) is 9.32. The van der Waals surface area contributed by atoms with Crippen LogP contribution in [0.5, 0.6) is 0 Å². The van der Waals surface area contributed by atoms with Gasteiger partial charge in [-0.15, -0.1) is 0 Å². The third-order valence-corrected chi connectivity index (χ3v) is 9.32. The molecule has 1 aliphatic heterocycles. The number of unbranched alkanes of at least 4 members (excludes halogenated alkanes) is 24. The number of aliphatic hydroxyl groups is 3. The first kappa shape index (κ1) is 42.8. The number of carbonyl (C=O) groups is 2. The standard InChI is InChI=1S/C38H72O8/c1-3-5-7-9-11-13-15-17-19-21-23-25-27-29-33(40)45-36-35(42)32(31-39)44-38(43)37(36)46-34(41)30-28-26-24-22-20-18-16-14-12-10-8-6-4-2/h32,35-39,42-43H,3-31H2,1-2H3/t32-,35-,36+,37+,38-/m1/s1. The van der Waals surface area contributed by atoms with E-state index in [9.17, 15) is 24.9 Å². The lowest BCUT2D eigenvalue weighted by molar-refractivity contribution is -0.293. The Bertz CT molecular complexity index is 717. The molecule has 8 heteroatoms. The molecule has 0 aromatic rings. The Labute approximate surface area is 281 Å². The Kier molecular flexibility index (Phi) is 27.8. The zero-order chi connectivity index (χ0) is 33.7. The van der Waals surface area contributed by atoms with Gasteiger partial charge in [0.2, 0.25) is 0 Å². The number of rotatable bonds is 31. The highest BCUT2D eigenvalue weighted by molar-refractivity contribution is 5.70. The predicted molar refractivity (Wildman–Crippen MR) is 184 cm³/mol. The van der Waals surface area contributed by atoms with E-state index in [0.29, 0.717) is 12.8 Å². The number of esters is 2. The van der Waals surface area contributed by atoms with Gasteiger partial charge in [0.25, 0.3) is 0 Å². The second kappa shape index (κ2) is 29.9. The molecule has 0 unspecified atom stereocenters. The Morgan fingerprint density at radius 1 is 0.500 bits per heavy atom. The van der Waals surface area contributed by atoms with Crippen LogP contribution in [-0.2, 0) is 23.8 Å². The molecule has 3 N–H and O–H groups in total. The minimum atomic E-state index is -1.61. The molecule has 0 amide bonds.